The topological polar surface area (TPSA) is 59.0 Å². The molecule has 0 bridgehead atoms. The van der Waals surface area contributed by atoms with Gasteiger partial charge < -0.3 is 10.6 Å². The molecule has 2 heterocycles. The second-order valence-corrected chi connectivity index (χ2v) is 6.40. The summed E-state index contributed by atoms with van der Waals surface area (Å²) in [6, 6.07) is 1.84. The maximum atomic E-state index is 14.5. The summed E-state index contributed by atoms with van der Waals surface area (Å²) >= 11 is 0. The Morgan fingerprint density at radius 2 is 2.12 bits per heavy atom. The van der Waals surface area contributed by atoms with E-state index in [0.29, 0.717) is 17.2 Å². The lowest BCUT2D eigenvalue weighted by Gasteiger charge is -2.24. The molecular formula is C18H15F3N4O. The van der Waals surface area contributed by atoms with E-state index < -0.39 is 24.3 Å². The third-order valence-electron chi connectivity index (χ3n) is 4.30. The summed E-state index contributed by atoms with van der Waals surface area (Å²) in [5.74, 6) is 5.92. The number of rotatable bonds is 3. The van der Waals surface area contributed by atoms with Crippen LogP contribution >= 0.6 is 0 Å². The normalized spacial score (nSPS) is 18.6. The zero-order chi connectivity index (χ0) is 18.3. The third-order valence-corrected chi connectivity index (χ3v) is 4.30. The molecular weight excluding hydrogens is 345 g/mol. The molecule has 4 rings (SSSR count). The summed E-state index contributed by atoms with van der Waals surface area (Å²) in [4.78, 5) is 11.8. The average molecular weight is 360 g/mol. The summed E-state index contributed by atoms with van der Waals surface area (Å²) in [7, 11) is 0. The molecule has 0 radical (unpaired) electrons. The maximum absolute atomic E-state index is 14.5. The minimum Gasteiger partial charge on any atom is -0.320 e. The molecule has 2 amide bonds. The number of carbonyl (C=O) groups excluding carboxylic acids is 1. The summed E-state index contributed by atoms with van der Waals surface area (Å²) < 4.78 is 41.1. The zero-order valence-electron chi connectivity index (χ0n) is 13.6. The minimum atomic E-state index is -2.63. The molecule has 0 saturated heterocycles. The first-order chi connectivity index (χ1) is 12.5. The lowest BCUT2D eigenvalue weighted by atomic mass is 9.99. The number of anilines is 1. The molecule has 1 fully saturated rings. The Kier molecular flexibility index (Phi) is 4.07. The molecule has 0 spiro atoms. The van der Waals surface area contributed by atoms with E-state index in [1.165, 1.54) is 23.0 Å². The predicted octanol–water partition coefficient (Wildman–Crippen LogP) is 3.60. The second kappa shape index (κ2) is 6.41. The number of urea groups is 1. The van der Waals surface area contributed by atoms with Crippen molar-refractivity contribution in [3.05, 3.63) is 47.0 Å². The SMILES string of the molecule is O=C1Nc2cc(Cn3cc(C(F)F)cn3)c(F)cc2C(C#CC2CC2)N1. The summed E-state index contributed by atoms with van der Waals surface area (Å²) in [5, 5.41) is 9.13. The van der Waals surface area contributed by atoms with Gasteiger partial charge in [-0.1, -0.05) is 11.8 Å². The molecule has 5 nitrogen and oxygen atoms in total. The van der Waals surface area contributed by atoms with Crippen molar-refractivity contribution in [1.29, 1.82) is 0 Å². The van der Waals surface area contributed by atoms with Crippen LogP contribution in [0, 0.1) is 23.6 Å². The van der Waals surface area contributed by atoms with Gasteiger partial charge in [0.2, 0.25) is 0 Å². The molecule has 26 heavy (non-hydrogen) atoms. The monoisotopic (exact) mass is 360 g/mol. The molecule has 8 heteroatoms. The minimum absolute atomic E-state index is 0.0203. The van der Waals surface area contributed by atoms with Gasteiger partial charge in [-0.25, -0.2) is 18.0 Å². The number of nitrogens with one attached hydrogen (secondary N) is 2. The molecule has 1 unspecified atom stereocenters. The van der Waals surface area contributed by atoms with Gasteiger partial charge in [0.1, 0.15) is 11.9 Å². The first-order valence-corrected chi connectivity index (χ1v) is 8.21. The van der Waals surface area contributed by atoms with E-state index in [9.17, 15) is 18.0 Å². The van der Waals surface area contributed by atoms with Gasteiger partial charge in [-0.15, -0.1) is 0 Å². The summed E-state index contributed by atoms with van der Waals surface area (Å²) in [6.07, 6.45) is 1.70. The van der Waals surface area contributed by atoms with Crippen molar-refractivity contribution in [2.45, 2.75) is 31.9 Å². The standard InChI is InChI=1S/C18H15F3N4O/c19-14-6-13-15(4-3-10-1-2-10)23-18(26)24-16(13)5-11(14)8-25-9-12(7-22-25)17(20)21/h5-7,9-10,15,17H,1-2,8H2,(H2,23,24,26). The van der Waals surface area contributed by atoms with Crippen LogP contribution in [0.1, 0.15) is 42.0 Å². The Hall–Kier alpha value is -2.95. The lowest BCUT2D eigenvalue weighted by Crippen LogP contribution is -2.37. The van der Waals surface area contributed by atoms with Crippen molar-refractivity contribution >= 4 is 11.7 Å². The molecule has 1 atom stereocenters. The van der Waals surface area contributed by atoms with Gasteiger partial charge in [0.05, 0.1) is 18.3 Å². The van der Waals surface area contributed by atoms with Crippen LogP contribution in [-0.4, -0.2) is 15.8 Å². The number of carbonyl (C=O) groups is 1. The van der Waals surface area contributed by atoms with Crippen LogP contribution in [-0.2, 0) is 6.54 Å². The molecule has 1 aliphatic heterocycles. The number of benzene rings is 1. The highest BCUT2D eigenvalue weighted by Crippen LogP contribution is 2.32. The van der Waals surface area contributed by atoms with Crippen molar-refractivity contribution in [3.63, 3.8) is 0 Å². The molecule has 2 aliphatic rings. The van der Waals surface area contributed by atoms with Crippen molar-refractivity contribution < 1.29 is 18.0 Å². The summed E-state index contributed by atoms with van der Waals surface area (Å²) in [5.41, 5.74) is 1.02. The maximum Gasteiger partial charge on any atom is 0.320 e. The van der Waals surface area contributed by atoms with E-state index in [1.807, 2.05) is 0 Å². The Bertz CT molecular complexity index is 924. The smallest absolute Gasteiger partial charge is 0.320 e. The van der Waals surface area contributed by atoms with Gasteiger partial charge in [-0.2, -0.15) is 5.10 Å². The van der Waals surface area contributed by atoms with Crippen molar-refractivity contribution in [1.82, 2.24) is 15.1 Å². The lowest BCUT2D eigenvalue weighted by molar-refractivity contribution is 0.151. The number of fused-ring (bicyclic) bond motifs is 1. The first-order valence-electron chi connectivity index (χ1n) is 8.21. The zero-order valence-corrected chi connectivity index (χ0v) is 13.6. The van der Waals surface area contributed by atoms with E-state index in [4.69, 9.17) is 0 Å². The number of alkyl halides is 2. The fraction of sp³-hybridized carbons (Fsp3) is 0.333. The highest BCUT2D eigenvalue weighted by Gasteiger charge is 2.26. The molecule has 2 aromatic rings. The number of hydrogen-bond acceptors (Lipinski definition) is 2. The van der Waals surface area contributed by atoms with E-state index in [2.05, 4.69) is 27.6 Å². The van der Waals surface area contributed by atoms with Crippen LogP contribution in [0.15, 0.2) is 24.5 Å². The molecule has 134 valence electrons. The van der Waals surface area contributed by atoms with Crippen molar-refractivity contribution in [2.24, 2.45) is 5.92 Å². The number of hydrogen-bond donors (Lipinski definition) is 2. The first kappa shape index (κ1) is 16.5. The van der Waals surface area contributed by atoms with Crippen LogP contribution in [0.3, 0.4) is 0 Å². The van der Waals surface area contributed by atoms with Crippen molar-refractivity contribution in [3.8, 4) is 11.8 Å². The Balaban J connectivity index is 1.63. The Morgan fingerprint density at radius 1 is 1.31 bits per heavy atom. The molecule has 1 aliphatic carbocycles. The highest BCUT2D eigenvalue weighted by molar-refractivity contribution is 5.93. The fourth-order valence-corrected chi connectivity index (χ4v) is 2.76. The van der Waals surface area contributed by atoms with E-state index in [0.717, 1.165) is 19.0 Å². The van der Waals surface area contributed by atoms with Gasteiger partial charge in [-0.3, -0.25) is 4.68 Å². The predicted molar refractivity (Wildman–Crippen MR) is 88.1 cm³/mol. The van der Waals surface area contributed by atoms with Gasteiger partial charge in [0.25, 0.3) is 6.43 Å². The molecule has 2 N–H and O–H groups in total. The number of amides is 2. The van der Waals surface area contributed by atoms with Crippen molar-refractivity contribution in [2.75, 3.05) is 5.32 Å². The van der Waals surface area contributed by atoms with Gasteiger partial charge in [0.15, 0.2) is 0 Å². The number of nitrogens with zero attached hydrogens (tertiary/aromatic N) is 2. The average Bonchev–Trinajstić information content (AvgIpc) is 3.30. The Labute approximate surface area is 147 Å². The third kappa shape index (κ3) is 3.38. The molecule has 1 aromatic heterocycles. The Morgan fingerprint density at radius 3 is 2.81 bits per heavy atom. The number of halogens is 3. The van der Waals surface area contributed by atoms with Crippen LogP contribution in [0.4, 0.5) is 23.7 Å². The largest absolute Gasteiger partial charge is 0.320 e. The second-order valence-electron chi connectivity index (χ2n) is 6.40. The quantitative estimate of drug-likeness (QED) is 0.822. The van der Waals surface area contributed by atoms with Crippen LogP contribution in [0.25, 0.3) is 0 Å². The van der Waals surface area contributed by atoms with Gasteiger partial charge in [0, 0.05) is 28.9 Å². The van der Waals surface area contributed by atoms with Crippen LogP contribution in [0.5, 0.6) is 0 Å². The van der Waals surface area contributed by atoms with Crippen LogP contribution in [0.2, 0.25) is 0 Å². The van der Waals surface area contributed by atoms with E-state index in [1.54, 1.807) is 0 Å². The highest BCUT2D eigenvalue weighted by atomic mass is 19.3. The van der Waals surface area contributed by atoms with E-state index >= 15 is 0 Å². The molecule has 1 aromatic carbocycles. The van der Waals surface area contributed by atoms with E-state index in [-0.39, 0.29) is 17.7 Å². The summed E-state index contributed by atoms with van der Waals surface area (Å²) in [6.45, 7) is -0.0203. The number of aromatic nitrogens is 2. The van der Waals surface area contributed by atoms with Gasteiger partial charge >= 0.3 is 6.03 Å². The molecule has 1 saturated carbocycles. The van der Waals surface area contributed by atoms with Crippen LogP contribution < -0.4 is 10.6 Å². The fourth-order valence-electron chi connectivity index (χ4n) is 2.76. The van der Waals surface area contributed by atoms with Gasteiger partial charge in [-0.05, 0) is 25.0 Å².